The molecule has 0 aliphatic rings. The second kappa shape index (κ2) is 5.49. The maximum atomic E-state index is 11.5. The summed E-state index contributed by atoms with van der Waals surface area (Å²) < 4.78 is 4.91. The van der Waals surface area contributed by atoms with Gasteiger partial charge < -0.3 is 4.74 Å². The Morgan fingerprint density at radius 3 is 2.50 bits per heavy atom. The maximum Gasteiger partial charge on any atom is 0.339 e. The highest BCUT2D eigenvalue weighted by Gasteiger charge is 2.07. The Morgan fingerprint density at radius 1 is 1.22 bits per heavy atom. The zero-order valence-electron chi connectivity index (χ0n) is 10.5. The lowest BCUT2D eigenvalue weighted by Gasteiger charge is -2.04. The predicted molar refractivity (Wildman–Crippen MR) is 73.8 cm³/mol. The first kappa shape index (κ1) is 12.4. The summed E-state index contributed by atoms with van der Waals surface area (Å²) in [5.74, 6) is -0.333. The largest absolute Gasteiger partial charge is 0.462 e. The van der Waals surface area contributed by atoms with Gasteiger partial charge in [0, 0.05) is 11.8 Å². The van der Waals surface area contributed by atoms with Gasteiger partial charge in [-0.2, -0.15) is 0 Å². The predicted octanol–water partition coefficient (Wildman–Crippen LogP) is 1.18. The first-order chi connectivity index (χ1) is 8.70. The van der Waals surface area contributed by atoms with Gasteiger partial charge >= 0.3 is 5.97 Å². The van der Waals surface area contributed by atoms with Gasteiger partial charge in [0.2, 0.25) is 0 Å². The molecule has 3 nitrogen and oxygen atoms in total. The van der Waals surface area contributed by atoms with Crippen LogP contribution in [-0.2, 0) is 4.74 Å². The van der Waals surface area contributed by atoms with E-state index in [1.807, 2.05) is 38.2 Å². The second-order valence-electron chi connectivity index (χ2n) is 4.02. The van der Waals surface area contributed by atoms with E-state index in [1.54, 1.807) is 19.2 Å². The first-order valence-electron chi connectivity index (χ1n) is 5.91. The zero-order chi connectivity index (χ0) is 13.0. The van der Waals surface area contributed by atoms with Crippen molar-refractivity contribution in [3.8, 4) is 11.3 Å². The van der Waals surface area contributed by atoms with Crippen LogP contribution in [0.2, 0.25) is 0 Å². The van der Waals surface area contributed by atoms with Gasteiger partial charge in [-0.15, -0.1) is 0 Å². The molecule has 0 saturated heterocycles. The van der Waals surface area contributed by atoms with Crippen LogP contribution in [0.4, 0.5) is 0 Å². The molecule has 0 radical (unpaired) electrons. The Labute approximate surface area is 107 Å². The first-order valence-corrected chi connectivity index (χ1v) is 5.91. The molecule has 0 N–H and O–H groups in total. The monoisotopic (exact) mass is 239 g/mol. The molecule has 0 saturated carbocycles. The summed E-state index contributed by atoms with van der Waals surface area (Å²) in [6, 6.07) is 11.7. The van der Waals surface area contributed by atoms with Gasteiger partial charge in [0.05, 0.1) is 17.9 Å². The highest BCUT2D eigenvalue weighted by atomic mass is 16.5. The number of hydrogen-bond donors (Lipinski definition) is 0. The van der Waals surface area contributed by atoms with Crippen molar-refractivity contribution < 1.29 is 9.53 Å². The lowest BCUT2D eigenvalue weighted by Crippen LogP contribution is -2.05. The van der Waals surface area contributed by atoms with Crippen LogP contribution in [0.3, 0.4) is 0 Å². The third kappa shape index (κ3) is 2.77. The fourth-order valence-electron chi connectivity index (χ4n) is 1.62. The molecule has 90 valence electrons. The summed E-state index contributed by atoms with van der Waals surface area (Å²) in [5.41, 5.74) is 3.58. The van der Waals surface area contributed by atoms with Crippen LogP contribution in [0.1, 0.15) is 17.3 Å². The second-order valence-corrected chi connectivity index (χ2v) is 4.02. The normalized spacial score (nSPS) is 10.1. The van der Waals surface area contributed by atoms with Crippen molar-refractivity contribution in [2.24, 2.45) is 0 Å². The number of benzene rings is 1. The Morgan fingerprint density at radius 2 is 1.94 bits per heavy atom. The number of hydrogen-bond acceptors (Lipinski definition) is 3. The van der Waals surface area contributed by atoms with Gasteiger partial charge in [-0.3, -0.25) is 4.98 Å². The van der Waals surface area contributed by atoms with E-state index in [1.165, 1.54) is 5.46 Å². The molecule has 2 aromatic rings. The minimum absolute atomic E-state index is 0.333. The maximum absolute atomic E-state index is 11.5. The molecular weight excluding hydrogens is 225 g/mol. The van der Waals surface area contributed by atoms with Gasteiger partial charge in [-0.05, 0) is 19.1 Å². The summed E-state index contributed by atoms with van der Waals surface area (Å²) in [6.45, 7) is 2.16. The van der Waals surface area contributed by atoms with Crippen molar-refractivity contribution in [3.63, 3.8) is 0 Å². The highest BCUT2D eigenvalue weighted by molar-refractivity contribution is 6.32. The average Bonchev–Trinajstić information content (AvgIpc) is 2.40. The number of carbonyl (C=O) groups excluding carboxylic acids is 1. The molecule has 0 spiro atoms. The number of carbonyl (C=O) groups is 1. The van der Waals surface area contributed by atoms with Crippen LogP contribution < -0.4 is 5.46 Å². The third-order valence-electron chi connectivity index (χ3n) is 2.62. The van der Waals surface area contributed by atoms with E-state index >= 15 is 0 Å². The molecule has 1 heterocycles. The lowest BCUT2D eigenvalue weighted by atomic mass is 9.95. The smallest absolute Gasteiger partial charge is 0.339 e. The molecule has 1 aromatic heterocycles. The van der Waals surface area contributed by atoms with E-state index < -0.39 is 0 Å². The van der Waals surface area contributed by atoms with Crippen molar-refractivity contribution in [3.05, 3.63) is 48.2 Å². The third-order valence-corrected chi connectivity index (χ3v) is 2.62. The molecule has 0 atom stereocenters. The average molecular weight is 239 g/mol. The molecule has 1 aromatic carbocycles. The lowest BCUT2D eigenvalue weighted by molar-refractivity contribution is 0.0526. The number of aromatic nitrogens is 1. The Bertz CT molecular complexity index is 535. The van der Waals surface area contributed by atoms with Crippen molar-refractivity contribution in [1.82, 2.24) is 4.98 Å². The van der Waals surface area contributed by atoms with Crippen molar-refractivity contribution in [2.75, 3.05) is 6.61 Å². The quantitative estimate of drug-likeness (QED) is 0.596. The summed E-state index contributed by atoms with van der Waals surface area (Å²) in [7, 11) is 2.04. The van der Waals surface area contributed by atoms with Crippen molar-refractivity contribution in [1.29, 1.82) is 0 Å². The molecule has 0 aliphatic carbocycles. The zero-order valence-corrected chi connectivity index (χ0v) is 10.5. The fourth-order valence-corrected chi connectivity index (χ4v) is 1.62. The number of ether oxygens (including phenoxy) is 1. The van der Waals surface area contributed by atoms with Gasteiger partial charge in [0.1, 0.15) is 7.85 Å². The highest BCUT2D eigenvalue weighted by Crippen LogP contribution is 2.15. The minimum atomic E-state index is -0.333. The molecule has 0 aliphatic heterocycles. The standard InChI is InChI=1S/C14H14BNO2/c1-2-18-14(17)11-5-8-13(16-9-11)10-3-6-12(15)7-4-10/h3-9H,2,15H2,1H3. The molecule has 4 heteroatoms. The van der Waals surface area contributed by atoms with E-state index in [0.717, 1.165) is 11.3 Å². The number of pyridine rings is 1. The molecule has 18 heavy (non-hydrogen) atoms. The molecule has 0 bridgehead atoms. The van der Waals surface area contributed by atoms with E-state index in [-0.39, 0.29) is 5.97 Å². The topological polar surface area (TPSA) is 39.2 Å². The molecular formula is C14H14BNO2. The number of nitrogens with zero attached hydrogens (tertiary/aromatic N) is 1. The van der Waals surface area contributed by atoms with Crippen molar-refractivity contribution in [2.45, 2.75) is 6.92 Å². The van der Waals surface area contributed by atoms with Crippen LogP contribution in [0, 0.1) is 0 Å². The molecule has 0 unspecified atom stereocenters. The van der Waals surface area contributed by atoms with Crippen LogP contribution >= 0.6 is 0 Å². The minimum Gasteiger partial charge on any atom is -0.462 e. The van der Waals surface area contributed by atoms with E-state index in [0.29, 0.717) is 12.2 Å². The van der Waals surface area contributed by atoms with Crippen LogP contribution in [0.25, 0.3) is 11.3 Å². The number of rotatable bonds is 3. The fraction of sp³-hybridized carbons (Fsp3) is 0.143. The SMILES string of the molecule is Bc1ccc(-c2ccc(C(=O)OCC)cn2)cc1. The summed E-state index contributed by atoms with van der Waals surface area (Å²) >= 11 is 0. The van der Waals surface area contributed by atoms with Gasteiger partial charge in [-0.1, -0.05) is 29.7 Å². The van der Waals surface area contributed by atoms with Crippen LogP contribution in [0.5, 0.6) is 0 Å². The number of esters is 1. The van der Waals surface area contributed by atoms with Crippen LogP contribution in [-0.4, -0.2) is 25.4 Å². The van der Waals surface area contributed by atoms with Crippen molar-refractivity contribution >= 4 is 19.3 Å². The summed E-state index contributed by atoms with van der Waals surface area (Å²) in [5, 5.41) is 0. The molecule has 0 amide bonds. The summed E-state index contributed by atoms with van der Waals surface area (Å²) in [6.07, 6.45) is 1.55. The van der Waals surface area contributed by atoms with E-state index in [2.05, 4.69) is 4.98 Å². The van der Waals surface area contributed by atoms with Gasteiger partial charge in [0.25, 0.3) is 0 Å². The Balaban J connectivity index is 2.22. The van der Waals surface area contributed by atoms with Crippen LogP contribution in [0.15, 0.2) is 42.6 Å². The molecule has 2 rings (SSSR count). The van der Waals surface area contributed by atoms with E-state index in [9.17, 15) is 4.79 Å². The Kier molecular flexibility index (Phi) is 3.77. The van der Waals surface area contributed by atoms with E-state index in [4.69, 9.17) is 4.74 Å². The molecule has 0 fully saturated rings. The summed E-state index contributed by atoms with van der Waals surface area (Å²) in [4.78, 5) is 15.8. The van der Waals surface area contributed by atoms with Gasteiger partial charge in [-0.25, -0.2) is 4.79 Å². The Hall–Kier alpha value is -2.10. The van der Waals surface area contributed by atoms with Gasteiger partial charge in [0.15, 0.2) is 0 Å².